The number of thiophene rings is 1. The zero-order chi connectivity index (χ0) is 14.0. The first kappa shape index (κ1) is 14.0. The van der Waals surface area contributed by atoms with Gasteiger partial charge in [-0.05, 0) is 46.6 Å². The van der Waals surface area contributed by atoms with E-state index in [0.717, 1.165) is 21.8 Å². The third kappa shape index (κ3) is 3.30. The summed E-state index contributed by atoms with van der Waals surface area (Å²) in [5, 5.41) is 13.7. The minimum absolute atomic E-state index is 0.107. The first-order valence-corrected chi connectivity index (χ1v) is 7.01. The lowest BCUT2D eigenvalue weighted by Gasteiger charge is -2.09. The summed E-state index contributed by atoms with van der Waals surface area (Å²) in [6, 6.07) is 6.26. The average molecular weight is 345 g/mol. The molecule has 4 nitrogen and oxygen atoms in total. The summed E-state index contributed by atoms with van der Waals surface area (Å²) < 4.78 is 13.8. The number of anilines is 1. The van der Waals surface area contributed by atoms with Crippen molar-refractivity contribution in [3.8, 4) is 0 Å². The number of nitrogens with one attached hydrogen (secondary N) is 1. The molecule has 0 amide bonds. The molecule has 0 saturated heterocycles. The monoisotopic (exact) mass is 344 g/mol. The molecule has 0 radical (unpaired) electrons. The van der Waals surface area contributed by atoms with Crippen LogP contribution < -0.4 is 5.32 Å². The van der Waals surface area contributed by atoms with Gasteiger partial charge in [-0.15, -0.1) is 0 Å². The molecule has 0 aliphatic carbocycles. The number of benzene rings is 1. The molecule has 2 aromatic rings. The van der Waals surface area contributed by atoms with Crippen molar-refractivity contribution < 1.29 is 9.31 Å². The second-order valence-electron chi connectivity index (χ2n) is 3.93. The minimum atomic E-state index is -0.418. The third-order valence-corrected chi connectivity index (χ3v) is 4.19. The second-order valence-corrected chi connectivity index (χ2v) is 5.93. The SMILES string of the molecule is Cc1cc(Br)c(F)cc1NCc1ccc([N+](=O)[O-])s1. The fourth-order valence-corrected chi connectivity index (χ4v) is 2.80. The van der Waals surface area contributed by atoms with Crippen molar-refractivity contribution in [2.24, 2.45) is 0 Å². The van der Waals surface area contributed by atoms with Gasteiger partial charge in [-0.25, -0.2) is 4.39 Å². The van der Waals surface area contributed by atoms with E-state index in [2.05, 4.69) is 21.2 Å². The normalized spacial score (nSPS) is 10.5. The van der Waals surface area contributed by atoms with Gasteiger partial charge in [0.2, 0.25) is 0 Å². The standard InChI is InChI=1S/C12H10BrFN2O2S/c1-7-4-9(13)10(14)5-11(7)15-6-8-2-3-12(19-8)16(17)18/h2-5,15H,6H2,1H3. The van der Waals surface area contributed by atoms with Gasteiger partial charge in [0.05, 0.1) is 9.40 Å². The Labute approximate surface area is 121 Å². The van der Waals surface area contributed by atoms with E-state index in [0.29, 0.717) is 16.7 Å². The summed E-state index contributed by atoms with van der Waals surface area (Å²) in [5.41, 5.74) is 1.58. The number of hydrogen-bond donors (Lipinski definition) is 1. The summed E-state index contributed by atoms with van der Waals surface area (Å²) in [5.74, 6) is -0.342. The molecule has 1 aromatic heterocycles. The quantitative estimate of drug-likeness (QED) is 0.657. The summed E-state index contributed by atoms with van der Waals surface area (Å²) in [6.07, 6.45) is 0. The number of aryl methyl sites for hydroxylation is 1. The maximum atomic E-state index is 13.4. The summed E-state index contributed by atoms with van der Waals surface area (Å²) in [6.45, 7) is 2.30. The molecule has 0 fully saturated rings. The highest BCUT2D eigenvalue weighted by Gasteiger charge is 2.10. The maximum Gasteiger partial charge on any atom is 0.324 e. The van der Waals surface area contributed by atoms with Crippen molar-refractivity contribution in [1.29, 1.82) is 0 Å². The molecule has 19 heavy (non-hydrogen) atoms. The van der Waals surface area contributed by atoms with Crippen LogP contribution in [0.5, 0.6) is 0 Å². The fraction of sp³-hybridized carbons (Fsp3) is 0.167. The lowest BCUT2D eigenvalue weighted by Crippen LogP contribution is -2.00. The van der Waals surface area contributed by atoms with Gasteiger partial charge >= 0.3 is 5.00 Å². The smallest absolute Gasteiger partial charge is 0.324 e. The Morgan fingerprint density at radius 2 is 2.21 bits per heavy atom. The van der Waals surface area contributed by atoms with Crippen LogP contribution in [0.3, 0.4) is 0 Å². The van der Waals surface area contributed by atoms with Crippen LogP contribution in [0.15, 0.2) is 28.7 Å². The number of hydrogen-bond acceptors (Lipinski definition) is 4. The highest BCUT2D eigenvalue weighted by atomic mass is 79.9. The Kier molecular flexibility index (Phi) is 4.16. The molecule has 1 N–H and O–H groups in total. The van der Waals surface area contributed by atoms with Crippen LogP contribution in [-0.2, 0) is 6.54 Å². The molecule has 0 bridgehead atoms. The predicted octanol–water partition coefficient (Wildman–Crippen LogP) is 4.48. The molecule has 0 spiro atoms. The number of halogens is 2. The van der Waals surface area contributed by atoms with Crippen LogP contribution in [0.25, 0.3) is 0 Å². The molecule has 0 atom stereocenters. The van der Waals surface area contributed by atoms with Crippen molar-refractivity contribution in [3.63, 3.8) is 0 Å². The first-order valence-electron chi connectivity index (χ1n) is 5.40. The second kappa shape index (κ2) is 5.66. The zero-order valence-corrected chi connectivity index (χ0v) is 12.3. The van der Waals surface area contributed by atoms with E-state index in [1.54, 1.807) is 12.1 Å². The molecule has 7 heteroatoms. The van der Waals surface area contributed by atoms with Crippen molar-refractivity contribution in [2.45, 2.75) is 13.5 Å². The topological polar surface area (TPSA) is 55.2 Å². The Morgan fingerprint density at radius 3 is 2.84 bits per heavy atom. The van der Waals surface area contributed by atoms with E-state index in [-0.39, 0.29) is 10.8 Å². The third-order valence-electron chi connectivity index (χ3n) is 2.55. The van der Waals surface area contributed by atoms with Crippen molar-refractivity contribution in [2.75, 3.05) is 5.32 Å². The van der Waals surface area contributed by atoms with E-state index in [9.17, 15) is 14.5 Å². The van der Waals surface area contributed by atoms with Crippen LogP contribution in [0.1, 0.15) is 10.4 Å². The van der Waals surface area contributed by atoms with Crippen LogP contribution >= 0.6 is 27.3 Å². The van der Waals surface area contributed by atoms with Gasteiger partial charge in [-0.1, -0.05) is 11.3 Å². The van der Waals surface area contributed by atoms with Gasteiger partial charge in [-0.3, -0.25) is 10.1 Å². The maximum absolute atomic E-state index is 13.4. The van der Waals surface area contributed by atoms with Crippen LogP contribution in [0.2, 0.25) is 0 Å². The molecule has 0 unspecified atom stereocenters. The molecular formula is C12H10BrFN2O2S. The van der Waals surface area contributed by atoms with Crippen LogP contribution in [-0.4, -0.2) is 4.92 Å². The molecular weight excluding hydrogens is 335 g/mol. The van der Waals surface area contributed by atoms with E-state index < -0.39 is 4.92 Å². The minimum Gasteiger partial charge on any atom is -0.380 e. The molecule has 100 valence electrons. The van der Waals surface area contributed by atoms with Gasteiger partial charge in [0.15, 0.2) is 0 Å². The molecule has 1 heterocycles. The Hall–Kier alpha value is -1.47. The van der Waals surface area contributed by atoms with E-state index in [1.165, 1.54) is 12.1 Å². The summed E-state index contributed by atoms with van der Waals surface area (Å²) >= 11 is 4.23. The zero-order valence-electron chi connectivity index (χ0n) is 9.94. The molecule has 0 saturated carbocycles. The van der Waals surface area contributed by atoms with Crippen molar-refractivity contribution in [1.82, 2.24) is 0 Å². The largest absolute Gasteiger partial charge is 0.380 e. The number of nitro groups is 1. The summed E-state index contributed by atoms with van der Waals surface area (Å²) in [7, 11) is 0. The van der Waals surface area contributed by atoms with Gasteiger partial charge in [-0.2, -0.15) is 0 Å². The molecule has 0 aliphatic rings. The number of nitrogens with zero attached hydrogens (tertiary/aromatic N) is 1. The Bertz CT molecular complexity index is 630. The van der Waals surface area contributed by atoms with Crippen molar-refractivity contribution in [3.05, 3.63) is 55.1 Å². The van der Waals surface area contributed by atoms with Gasteiger partial charge in [0.25, 0.3) is 0 Å². The molecule has 1 aromatic carbocycles. The average Bonchev–Trinajstić information content (AvgIpc) is 2.81. The van der Waals surface area contributed by atoms with Crippen LogP contribution in [0, 0.1) is 22.9 Å². The van der Waals surface area contributed by atoms with Crippen molar-refractivity contribution >= 4 is 38.0 Å². The van der Waals surface area contributed by atoms with Gasteiger partial charge in [0, 0.05) is 23.2 Å². The lowest BCUT2D eigenvalue weighted by atomic mass is 10.2. The molecule has 0 aliphatic heterocycles. The lowest BCUT2D eigenvalue weighted by molar-refractivity contribution is -0.380. The fourth-order valence-electron chi connectivity index (χ4n) is 1.58. The highest BCUT2D eigenvalue weighted by molar-refractivity contribution is 9.10. The number of rotatable bonds is 4. The Morgan fingerprint density at radius 1 is 1.47 bits per heavy atom. The Balaban J connectivity index is 2.09. The van der Waals surface area contributed by atoms with Crippen LogP contribution in [0.4, 0.5) is 15.1 Å². The molecule has 2 rings (SSSR count). The van der Waals surface area contributed by atoms with Gasteiger partial charge in [0.1, 0.15) is 5.82 Å². The van der Waals surface area contributed by atoms with E-state index in [4.69, 9.17) is 0 Å². The highest BCUT2D eigenvalue weighted by Crippen LogP contribution is 2.27. The summed E-state index contributed by atoms with van der Waals surface area (Å²) in [4.78, 5) is 11.0. The first-order chi connectivity index (χ1) is 8.97. The van der Waals surface area contributed by atoms with E-state index in [1.807, 2.05) is 6.92 Å². The predicted molar refractivity (Wildman–Crippen MR) is 77.1 cm³/mol. The van der Waals surface area contributed by atoms with Gasteiger partial charge < -0.3 is 5.32 Å². The van der Waals surface area contributed by atoms with E-state index >= 15 is 0 Å².